The Morgan fingerprint density at radius 2 is 1.74 bits per heavy atom. The first-order valence-corrected chi connectivity index (χ1v) is 8.94. The van der Waals surface area contributed by atoms with Gasteiger partial charge in [0, 0.05) is 26.2 Å². The van der Waals surface area contributed by atoms with Gasteiger partial charge in [-0.3, -0.25) is 4.90 Å². The number of nitrogens with one attached hydrogen (secondary N) is 1. The molecule has 0 saturated carbocycles. The minimum Gasteiger partial charge on any atom is -0.314 e. The molecule has 1 aliphatic rings. The van der Waals surface area contributed by atoms with E-state index in [0.717, 1.165) is 38.2 Å². The number of rotatable bonds is 4. The second kappa shape index (κ2) is 7.67. The summed E-state index contributed by atoms with van der Waals surface area (Å²) in [5.41, 5.74) is 3.71. The Labute approximate surface area is 148 Å². The number of hydrogen-bond acceptors (Lipinski definition) is 2. The van der Waals surface area contributed by atoms with Crippen LogP contribution in [-0.2, 0) is 6.42 Å². The van der Waals surface area contributed by atoms with Gasteiger partial charge in [-0.15, -0.1) is 0 Å². The molecule has 0 aliphatic carbocycles. The first-order chi connectivity index (χ1) is 11.2. The lowest BCUT2D eigenvalue weighted by Crippen LogP contribution is -2.45. The fourth-order valence-corrected chi connectivity index (χ4v) is 3.61. The number of halogens is 2. The van der Waals surface area contributed by atoms with E-state index in [1.54, 1.807) is 0 Å². The van der Waals surface area contributed by atoms with Crippen LogP contribution >= 0.6 is 23.2 Å². The zero-order chi connectivity index (χ0) is 16.2. The van der Waals surface area contributed by atoms with Gasteiger partial charge >= 0.3 is 0 Å². The maximum atomic E-state index is 6.54. The fourth-order valence-electron chi connectivity index (χ4n) is 3.19. The van der Waals surface area contributed by atoms with E-state index in [0.29, 0.717) is 10.0 Å². The van der Waals surface area contributed by atoms with Crippen molar-refractivity contribution in [2.45, 2.75) is 19.4 Å². The molecule has 1 atom stereocenters. The van der Waals surface area contributed by atoms with Crippen molar-refractivity contribution in [1.29, 1.82) is 0 Å². The van der Waals surface area contributed by atoms with E-state index in [9.17, 15) is 0 Å². The van der Waals surface area contributed by atoms with Gasteiger partial charge in [-0.1, -0.05) is 66.5 Å². The Morgan fingerprint density at radius 3 is 2.39 bits per heavy atom. The highest BCUT2D eigenvalue weighted by Gasteiger charge is 2.26. The monoisotopic (exact) mass is 348 g/mol. The molecule has 1 N–H and O–H groups in total. The maximum absolute atomic E-state index is 6.54. The largest absolute Gasteiger partial charge is 0.314 e. The summed E-state index contributed by atoms with van der Waals surface area (Å²) in [7, 11) is 0. The molecule has 3 rings (SSSR count). The van der Waals surface area contributed by atoms with Gasteiger partial charge in [-0.2, -0.15) is 0 Å². The van der Waals surface area contributed by atoms with Gasteiger partial charge in [0.25, 0.3) is 0 Å². The lowest BCUT2D eigenvalue weighted by atomic mass is 9.95. The van der Waals surface area contributed by atoms with Gasteiger partial charge in [-0.05, 0) is 29.2 Å². The molecule has 2 aromatic rings. The van der Waals surface area contributed by atoms with E-state index in [-0.39, 0.29) is 6.04 Å². The van der Waals surface area contributed by atoms with Gasteiger partial charge in [0.05, 0.1) is 16.1 Å². The molecular formula is C19H22Cl2N2. The van der Waals surface area contributed by atoms with Crippen molar-refractivity contribution < 1.29 is 0 Å². The molecule has 2 nitrogen and oxygen atoms in total. The van der Waals surface area contributed by atoms with Crippen LogP contribution in [0.25, 0.3) is 0 Å². The highest BCUT2D eigenvalue weighted by molar-refractivity contribution is 6.42. The van der Waals surface area contributed by atoms with Crippen molar-refractivity contribution in [2.75, 3.05) is 26.2 Å². The molecule has 0 bridgehead atoms. The van der Waals surface area contributed by atoms with Crippen LogP contribution in [0.2, 0.25) is 10.0 Å². The van der Waals surface area contributed by atoms with Crippen LogP contribution in [0.3, 0.4) is 0 Å². The number of nitrogens with zero attached hydrogens (tertiary/aromatic N) is 1. The van der Waals surface area contributed by atoms with Crippen LogP contribution in [-0.4, -0.2) is 31.1 Å². The summed E-state index contributed by atoms with van der Waals surface area (Å²) in [6.07, 6.45) is 1.05. The van der Waals surface area contributed by atoms with Gasteiger partial charge < -0.3 is 5.32 Å². The third-order valence-electron chi connectivity index (χ3n) is 4.50. The average Bonchev–Trinajstić information content (AvgIpc) is 2.60. The molecule has 0 spiro atoms. The smallest absolute Gasteiger partial charge is 0.0643 e. The SMILES string of the molecule is CCc1ccc(C(c2cccc(Cl)c2Cl)N2CCNCC2)cc1. The van der Waals surface area contributed by atoms with Gasteiger partial charge in [0.1, 0.15) is 0 Å². The lowest BCUT2D eigenvalue weighted by molar-refractivity contribution is 0.198. The zero-order valence-electron chi connectivity index (χ0n) is 13.4. The molecule has 122 valence electrons. The van der Waals surface area contributed by atoms with Crippen molar-refractivity contribution in [3.8, 4) is 0 Å². The van der Waals surface area contributed by atoms with Crippen LogP contribution in [0, 0.1) is 0 Å². The predicted octanol–water partition coefficient (Wildman–Crippen LogP) is 4.55. The number of benzene rings is 2. The number of hydrogen-bond donors (Lipinski definition) is 1. The normalized spacial score (nSPS) is 17.2. The van der Waals surface area contributed by atoms with E-state index in [4.69, 9.17) is 23.2 Å². The highest BCUT2D eigenvalue weighted by atomic mass is 35.5. The average molecular weight is 349 g/mol. The summed E-state index contributed by atoms with van der Waals surface area (Å²) in [5.74, 6) is 0. The van der Waals surface area contributed by atoms with Crippen LogP contribution in [0.4, 0.5) is 0 Å². The molecule has 1 heterocycles. The Kier molecular flexibility index (Phi) is 5.60. The summed E-state index contributed by atoms with van der Waals surface area (Å²) in [6.45, 7) is 6.19. The van der Waals surface area contributed by atoms with Crippen LogP contribution < -0.4 is 5.32 Å². The molecule has 0 amide bonds. The topological polar surface area (TPSA) is 15.3 Å². The summed E-state index contributed by atoms with van der Waals surface area (Å²) in [6, 6.07) is 14.9. The van der Waals surface area contributed by atoms with Crippen molar-refractivity contribution in [2.24, 2.45) is 0 Å². The maximum Gasteiger partial charge on any atom is 0.0643 e. The molecule has 2 aromatic carbocycles. The van der Waals surface area contributed by atoms with Gasteiger partial charge in [0.2, 0.25) is 0 Å². The van der Waals surface area contributed by atoms with Crippen molar-refractivity contribution in [1.82, 2.24) is 10.2 Å². The third-order valence-corrected chi connectivity index (χ3v) is 5.33. The van der Waals surface area contributed by atoms with Crippen molar-refractivity contribution in [3.63, 3.8) is 0 Å². The molecule has 1 fully saturated rings. The Bertz CT molecular complexity index is 649. The van der Waals surface area contributed by atoms with Crippen molar-refractivity contribution in [3.05, 3.63) is 69.2 Å². The summed E-state index contributed by atoms with van der Waals surface area (Å²) < 4.78 is 0. The van der Waals surface area contributed by atoms with E-state index < -0.39 is 0 Å². The number of aryl methyl sites for hydroxylation is 1. The minimum absolute atomic E-state index is 0.147. The Hall–Kier alpha value is -1.06. The predicted molar refractivity (Wildman–Crippen MR) is 98.6 cm³/mol. The summed E-state index contributed by atoms with van der Waals surface area (Å²) in [5, 5.41) is 4.70. The quantitative estimate of drug-likeness (QED) is 0.871. The molecule has 1 aliphatic heterocycles. The zero-order valence-corrected chi connectivity index (χ0v) is 14.9. The van der Waals surface area contributed by atoms with Crippen LogP contribution in [0.1, 0.15) is 29.7 Å². The van der Waals surface area contributed by atoms with Gasteiger partial charge in [0.15, 0.2) is 0 Å². The van der Waals surface area contributed by atoms with Crippen LogP contribution in [0.15, 0.2) is 42.5 Å². The molecule has 1 saturated heterocycles. The first-order valence-electron chi connectivity index (χ1n) is 8.18. The molecular weight excluding hydrogens is 327 g/mol. The summed E-state index contributed by atoms with van der Waals surface area (Å²) >= 11 is 12.8. The standard InChI is InChI=1S/C19H22Cl2N2/c1-2-14-6-8-15(9-7-14)19(23-12-10-22-11-13-23)16-4-3-5-17(20)18(16)21/h3-9,19,22H,2,10-13H2,1H3. The van der Waals surface area contributed by atoms with Crippen molar-refractivity contribution >= 4 is 23.2 Å². The second-order valence-corrected chi connectivity index (χ2v) is 6.71. The molecule has 4 heteroatoms. The van der Waals surface area contributed by atoms with Gasteiger partial charge in [-0.25, -0.2) is 0 Å². The number of piperazine rings is 1. The highest BCUT2D eigenvalue weighted by Crippen LogP contribution is 2.37. The molecule has 0 aromatic heterocycles. The lowest BCUT2D eigenvalue weighted by Gasteiger charge is -2.36. The van der Waals surface area contributed by atoms with E-state index in [1.165, 1.54) is 11.1 Å². The second-order valence-electron chi connectivity index (χ2n) is 5.93. The van der Waals surface area contributed by atoms with Crippen LogP contribution in [0.5, 0.6) is 0 Å². The van der Waals surface area contributed by atoms with E-state index in [2.05, 4.69) is 47.5 Å². The third kappa shape index (κ3) is 3.72. The van der Waals surface area contributed by atoms with E-state index >= 15 is 0 Å². The Morgan fingerprint density at radius 1 is 1.04 bits per heavy atom. The van der Waals surface area contributed by atoms with E-state index in [1.807, 2.05) is 12.1 Å². The molecule has 1 unspecified atom stereocenters. The summed E-state index contributed by atoms with van der Waals surface area (Å²) in [4.78, 5) is 2.48. The minimum atomic E-state index is 0.147. The molecule has 0 radical (unpaired) electrons. The Balaban J connectivity index is 2.03. The first kappa shape index (κ1) is 16.8. The fraction of sp³-hybridized carbons (Fsp3) is 0.368. The molecule has 23 heavy (non-hydrogen) atoms.